The first kappa shape index (κ1) is 12.6. The zero-order valence-corrected chi connectivity index (χ0v) is 11.0. The molecular weight excluding hydrogens is 260 g/mol. The van der Waals surface area contributed by atoms with Crippen LogP contribution in [0.3, 0.4) is 0 Å². The van der Waals surface area contributed by atoms with Gasteiger partial charge in [0.15, 0.2) is 5.03 Å². The Hall–Kier alpha value is -0.810. The molecule has 6 heteroatoms. The van der Waals surface area contributed by atoms with Gasteiger partial charge in [-0.05, 0) is 25.0 Å². The average Bonchev–Trinajstić information content (AvgIpc) is 2.56. The molecule has 0 N–H and O–H groups in total. The molecule has 1 saturated heterocycles. The molecule has 0 bridgehead atoms. The molecule has 1 aliphatic rings. The van der Waals surface area contributed by atoms with Gasteiger partial charge in [-0.25, -0.2) is 13.4 Å². The van der Waals surface area contributed by atoms with Crippen LogP contribution < -0.4 is 4.90 Å². The van der Waals surface area contributed by atoms with Gasteiger partial charge >= 0.3 is 0 Å². The van der Waals surface area contributed by atoms with Gasteiger partial charge < -0.3 is 4.90 Å². The summed E-state index contributed by atoms with van der Waals surface area (Å²) in [4.78, 5) is 6.24. The minimum absolute atomic E-state index is 0.0686. The fraction of sp³-hybridized carbons (Fsp3) is 0.545. The van der Waals surface area contributed by atoms with E-state index in [1.54, 1.807) is 6.07 Å². The molecule has 94 valence electrons. The maximum Gasteiger partial charge on any atom is 0.278 e. The quantitative estimate of drug-likeness (QED) is 0.777. The highest BCUT2D eigenvalue weighted by molar-refractivity contribution is 8.13. The van der Waals surface area contributed by atoms with Crippen molar-refractivity contribution in [3.63, 3.8) is 0 Å². The molecule has 0 aromatic carbocycles. The number of halogens is 1. The van der Waals surface area contributed by atoms with Crippen LogP contribution in [-0.2, 0) is 9.05 Å². The number of hydrogen-bond acceptors (Lipinski definition) is 4. The maximum atomic E-state index is 11.2. The first-order valence-electron chi connectivity index (χ1n) is 5.74. The first-order valence-corrected chi connectivity index (χ1v) is 8.05. The summed E-state index contributed by atoms with van der Waals surface area (Å²) in [6.45, 7) is 1.86. The Labute approximate surface area is 106 Å². The summed E-state index contributed by atoms with van der Waals surface area (Å²) < 4.78 is 22.4. The van der Waals surface area contributed by atoms with Gasteiger partial charge in [0.05, 0.1) is 0 Å². The largest absolute Gasteiger partial charge is 0.357 e. The van der Waals surface area contributed by atoms with Crippen molar-refractivity contribution in [1.82, 2.24) is 4.98 Å². The van der Waals surface area contributed by atoms with Crippen LogP contribution >= 0.6 is 10.7 Å². The van der Waals surface area contributed by atoms with Crippen molar-refractivity contribution in [3.05, 3.63) is 18.2 Å². The monoisotopic (exact) mass is 274 g/mol. The molecule has 2 heterocycles. The molecule has 0 saturated carbocycles. The number of rotatable bonds is 2. The maximum absolute atomic E-state index is 11.2. The van der Waals surface area contributed by atoms with E-state index in [1.807, 2.05) is 6.07 Å². The van der Waals surface area contributed by atoms with Gasteiger partial charge in [0.1, 0.15) is 5.82 Å². The van der Waals surface area contributed by atoms with Crippen molar-refractivity contribution in [2.75, 3.05) is 18.0 Å². The average molecular weight is 275 g/mol. The normalized spacial score (nSPS) is 17.8. The third-order valence-electron chi connectivity index (χ3n) is 2.89. The molecule has 0 atom stereocenters. The SMILES string of the molecule is O=S(=O)(Cl)c1cccc(N2CCCCCC2)n1. The van der Waals surface area contributed by atoms with E-state index >= 15 is 0 Å². The summed E-state index contributed by atoms with van der Waals surface area (Å²) in [6, 6.07) is 4.93. The zero-order chi connectivity index (χ0) is 12.3. The van der Waals surface area contributed by atoms with Crippen molar-refractivity contribution in [2.24, 2.45) is 0 Å². The molecule has 4 nitrogen and oxygen atoms in total. The Kier molecular flexibility index (Phi) is 3.89. The molecule has 0 radical (unpaired) electrons. The third-order valence-corrected chi connectivity index (χ3v) is 4.09. The lowest BCUT2D eigenvalue weighted by molar-refractivity contribution is 0.606. The molecule has 1 aromatic heterocycles. The van der Waals surface area contributed by atoms with Crippen LogP contribution in [0, 0.1) is 0 Å². The number of anilines is 1. The van der Waals surface area contributed by atoms with E-state index in [0.29, 0.717) is 5.82 Å². The summed E-state index contributed by atoms with van der Waals surface area (Å²) in [7, 11) is 1.55. The van der Waals surface area contributed by atoms with Crippen molar-refractivity contribution < 1.29 is 8.42 Å². The lowest BCUT2D eigenvalue weighted by Gasteiger charge is -2.21. The van der Waals surface area contributed by atoms with E-state index in [2.05, 4.69) is 9.88 Å². The standard InChI is InChI=1S/C11H15ClN2O2S/c12-17(15,16)11-7-5-6-10(13-11)14-8-3-1-2-4-9-14/h5-7H,1-4,8-9H2. The lowest BCUT2D eigenvalue weighted by Crippen LogP contribution is -2.25. The molecule has 1 aromatic rings. The van der Waals surface area contributed by atoms with Crippen LogP contribution in [0.15, 0.2) is 23.2 Å². The third kappa shape index (κ3) is 3.33. The predicted molar refractivity (Wildman–Crippen MR) is 68.0 cm³/mol. The Morgan fingerprint density at radius 3 is 2.35 bits per heavy atom. The molecule has 1 fully saturated rings. The highest BCUT2D eigenvalue weighted by atomic mass is 35.7. The second-order valence-electron chi connectivity index (χ2n) is 4.17. The fourth-order valence-corrected chi connectivity index (χ4v) is 2.72. The lowest BCUT2D eigenvalue weighted by atomic mass is 10.2. The van der Waals surface area contributed by atoms with Crippen LogP contribution in [0.2, 0.25) is 0 Å². The summed E-state index contributed by atoms with van der Waals surface area (Å²) in [5, 5.41) is -0.0686. The minimum Gasteiger partial charge on any atom is -0.357 e. The van der Waals surface area contributed by atoms with Crippen molar-refractivity contribution in [1.29, 1.82) is 0 Å². The summed E-state index contributed by atoms with van der Waals surface area (Å²) in [5.74, 6) is 0.702. The summed E-state index contributed by atoms with van der Waals surface area (Å²) in [5.41, 5.74) is 0. The second-order valence-corrected chi connectivity index (χ2v) is 6.69. The van der Waals surface area contributed by atoms with E-state index in [1.165, 1.54) is 18.9 Å². The van der Waals surface area contributed by atoms with E-state index < -0.39 is 9.05 Å². The van der Waals surface area contributed by atoms with Crippen LogP contribution in [0.5, 0.6) is 0 Å². The fourth-order valence-electron chi connectivity index (χ4n) is 2.02. The zero-order valence-electron chi connectivity index (χ0n) is 9.47. The Morgan fingerprint density at radius 1 is 1.12 bits per heavy atom. The van der Waals surface area contributed by atoms with Gasteiger partial charge in [0, 0.05) is 23.8 Å². The van der Waals surface area contributed by atoms with Crippen molar-refractivity contribution >= 4 is 25.6 Å². The molecule has 0 aliphatic carbocycles. The molecule has 0 spiro atoms. The topological polar surface area (TPSA) is 50.3 Å². The number of aromatic nitrogens is 1. The molecule has 0 amide bonds. The first-order chi connectivity index (χ1) is 8.07. The van der Waals surface area contributed by atoms with Gasteiger partial charge in [-0.3, -0.25) is 0 Å². The Bertz CT molecular complexity index is 482. The molecular formula is C11H15ClN2O2S. The van der Waals surface area contributed by atoms with E-state index in [9.17, 15) is 8.42 Å². The van der Waals surface area contributed by atoms with Crippen LogP contribution in [0.25, 0.3) is 0 Å². The highest BCUT2D eigenvalue weighted by Gasteiger charge is 2.15. The predicted octanol–water partition coefficient (Wildman–Crippen LogP) is 2.39. The highest BCUT2D eigenvalue weighted by Crippen LogP contribution is 2.20. The van der Waals surface area contributed by atoms with Crippen molar-refractivity contribution in [2.45, 2.75) is 30.7 Å². The van der Waals surface area contributed by atoms with E-state index in [-0.39, 0.29) is 5.03 Å². The second kappa shape index (κ2) is 5.23. The smallest absolute Gasteiger partial charge is 0.278 e. The van der Waals surface area contributed by atoms with Gasteiger partial charge in [0.2, 0.25) is 0 Å². The van der Waals surface area contributed by atoms with Gasteiger partial charge in [-0.15, -0.1) is 0 Å². The van der Waals surface area contributed by atoms with Gasteiger partial charge in [-0.1, -0.05) is 18.9 Å². The van der Waals surface area contributed by atoms with Crippen LogP contribution in [0.1, 0.15) is 25.7 Å². The van der Waals surface area contributed by atoms with E-state index in [0.717, 1.165) is 25.9 Å². The Balaban J connectivity index is 2.26. The van der Waals surface area contributed by atoms with Crippen LogP contribution in [0.4, 0.5) is 5.82 Å². The van der Waals surface area contributed by atoms with Crippen LogP contribution in [-0.4, -0.2) is 26.5 Å². The number of nitrogens with zero attached hydrogens (tertiary/aromatic N) is 2. The summed E-state index contributed by atoms with van der Waals surface area (Å²) >= 11 is 0. The number of pyridine rings is 1. The minimum atomic E-state index is -3.74. The van der Waals surface area contributed by atoms with Crippen molar-refractivity contribution in [3.8, 4) is 0 Å². The summed E-state index contributed by atoms with van der Waals surface area (Å²) in [6.07, 6.45) is 4.70. The van der Waals surface area contributed by atoms with E-state index in [4.69, 9.17) is 10.7 Å². The Morgan fingerprint density at radius 2 is 1.76 bits per heavy atom. The van der Waals surface area contributed by atoms with Gasteiger partial charge in [-0.2, -0.15) is 0 Å². The van der Waals surface area contributed by atoms with Gasteiger partial charge in [0.25, 0.3) is 9.05 Å². The molecule has 0 unspecified atom stereocenters. The molecule has 17 heavy (non-hydrogen) atoms. The number of hydrogen-bond donors (Lipinski definition) is 0. The molecule has 1 aliphatic heterocycles. The molecule has 2 rings (SSSR count).